The van der Waals surface area contributed by atoms with Crippen LogP contribution in [0.25, 0.3) is 22.3 Å². The number of aromatic hydroxyl groups is 1. The quantitative estimate of drug-likeness (QED) is 0.168. The number of ether oxygens (including phenoxy) is 2. The molecule has 6 nitrogen and oxygen atoms in total. The molecule has 0 bridgehead atoms. The van der Waals surface area contributed by atoms with Gasteiger partial charge in [0.1, 0.15) is 34.3 Å². The summed E-state index contributed by atoms with van der Waals surface area (Å²) in [6.07, 6.45) is 17.3. The van der Waals surface area contributed by atoms with Crippen molar-refractivity contribution in [3.05, 3.63) is 70.4 Å². The van der Waals surface area contributed by atoms with E-state index in [0.717, 1.165) is 60.3 Å². The second-order valence-corrected chi connectivity index (χ2v) is 17.6. The van der Waals surface area contributed by atoms with Crippen LogP contribution in [0.2, 0.25) is 0 Å². The van der Waals surface area contributed by atoms with Crippen LogP contribution in [0.1, 0.15) is 112 Å². The van der Waals surface area contributed by atoms with Gasteiger partial charge in [-0.2, -0.15) is 0 Å². The summed E-state index contributed by atoms with van der Waals surface area (Å²) in [6.45, 7) is 12.1. The highest BCUT2D eigenvalue weighted by atomic mass is 16.6. The predicted molar refractivity (Wildman–Crippen MR) is 203 cm³/mol. The van der Waals surface area contributed by atoms with Gasteiger partial charge in [0.05, 0.1) is 0 Å². The standard InChI is InChI=1S/C45H58O6/c1-28(2)10-9-11-29(3)31-14-17-36-35-16-15-32-22-33(18-21-45(32,5)37(35)19-20-44(36,4)26-31)50-42(48)27-49-34-23-38(46)43-39(47)25-40(51-41(43)24-34)30-12-7-6-8-13-30/h6-8,12-13,15,23-25,28-29,31,33,35-37,46H,9-11,14,16-22,26-27H2,1-5H3/t29-,31-,33+,35-,36+,37+,44+,45-/m0/s1. The van der Waals surface area contributed by atoms with Gasteiger partial charge in [0.25, 0.3) is 0 Å². The first-order chi connectivity index (χ1) is 24.4. The third-order valence-electron chi connectivity index (χ3n) is 13.9. The lowest BCUT2D eigenvalue weighted by molar-refractivity contribution is -0.154. The van der Waals surface area contributed by atoms with E-state index in [-0.39, 0.29) is 46.0 Å². The molecule has 0 saturated heterocycles. The molecule has 4 aliphatic carbocycles. The topological polar surface area (TPSA) is 86.0 Å². The van der Waals surface area contributed by atoms with Crippen LogP contribution in [0.3, 0.4) is 0 Å². The number of hydrogen-bond acceptors (Lipinski definition) is 6. The first-order valence-electron chi connectivity index (χ1n) is 19.8. The Kier molecular flexibility index (Phi) is 10.2. The third kappa shape index (κ3) is 7.26. The van der Waals surface area contributed by atoms with E-state index in [1.807, 2.05) is 30.3 Å². The number of benzene rings is 2. The summed E-state index contributed by atoms with van der Waals surface area (Å²) in [7, 11) is 0. The molecule has 6 heteroatoms. The Hall–Kier alpha value is -3.54. The SMILES string of the molecule is CC(C)CCC[C@H](C)[C@H]1CC[C@@H]2[C@@H]3CC=C4C[C@H](OC(=O)COc5cc(O)c6c(=O)cc(-c7ccccc7)oc6c5)CC[C@]4(C)[C@@H]3CC[C@]2(C)C1. The summed E-state index contributed by atoms with van der Waals surface area (Å²) >= 11 is 0. The first kappa shape index (κ1) is 35.8. The highest BCUT2D eigenvalue weighted by Crippen LogP contribution is 2.65. The molecule has 0 radical (unpaired) electrons. The molecular weight excluding hydrogens is 636 g/mol. The van der Waals surface area contributed by atoms with Crippen molar-refractivity contribution in [1.29, 1.82) is 0 Å². The summed E-state index contributed by atoms with van der Waals surface area (Å²) in [5.74, 6) is 4.80. The van der Waals surface area contributed by atoms with Crippen LogP contribution in [0.5, 0.6) is 11.5 Å². The minimum absolute atomic E-state index is 0.0789. The molecule has 1 heterocycles. The van der Waals surface area contributed by atoms with Gasteiger partial charge in [-0.1, -0.05) is 95.9 Å². The van der Waals surface area contributed by atoms with E-state index in [4.69, 9.17) is 13.9 Å². The molecule has 7 rings (SSSR count). The van der Waals surface area contributed by atoms with Gasteiger partial charge in [-0.25, -0.2) is 4.79 Å². The average molecular weight is 695 g/mol. The Morgan fingerprint density at radius 1 is 0.980 bits per heavy atom. The molecule has 8 atom stereocenters. The number of rotatable bonds is 10. The molecule has 0 unspecified atom stereocenters. The fourth-order valence-electron chi connectivity index (χ4n) is 11.0. The van der Waals surface area contributed by atoms with Crippen LogP contribution in [-0.4, -0.2) is 23.8 Å². The molecule has 3 aromatic rings. The van der Waals surface area contributed by atoms with Crippen molar-refractivity contribution in [2.45, 2.75) is 118 Å². The Morgan fingerprint density at radius 3 is 2.57 bits per heavy atom. The Balaban J connectivity index is 0.956. The minimum atomic E-state index is -0.430. The van der Waals surface area contributed by atoms with Crippen LogP contribution in [0, 0.1) is 46.3 Å². The van der Waals surface area contributed by atoms with Gasteiger partial charge in [-0.05, 0) is 97.7 Å². The van der Waals surface area contributed by atoms with E-state index in [2.05, 4.69) is 40.7 Å². The second-order valence-electron chi connectivity index (χ2n) is 17.6. The molecule has 274 valence electrons. The highest BCUT2D eigenvalue weighted by molar-refractivity contribution is 5.86. The molecule has 1 N–H and O–H groups in total. The number of fused-ring (bicyclic) bond motifs is 6. The molecular formula is C45H58O6. The summed E-state index contributed by atoms with van der Waals surface area (Å²) in [6, 6.07) is 13.6. The van der Waals surface area contributed by atoms with E-state index in [9.17, 15) is 14.7 Å². The third-order valence-corrected chi connectivity index (χ3v) is 13.9. The Morgan fingerprint density at radius 2 is 1.78 bits per heavy atom. The number of carbonyl (C=O) groups is 1. The van der Waals surface area contributed by atoms with E-state index < -0.39 is 5.97 Å². The normalized spacial score (nSPS) is 30.9. The van der Waals surface area contributed by atoms with Crippen molar-refractivity contribution >= 4 is 16.9 Å². The van der Waals surface area contributed by atoms with Gasteiger partial charge in [0, 0.05) is 30.2 Å². The molecule has 0 spiro atoms. The van der Waals surface area contributed by atoms with E-state index in [1.165, 1.54) is 75.5 Å². The fraction of sp³-hybridized carbons (Fsp3) is 0.600. The zero-order valence-corrected chi connectivity index (χ0v) is 31.4. The average Bonchev–Trinajstić information content (AvgIpc) is 3.10. The number of phenolic OH excluding ortho intramolecular Hbond substituents is 1. The summed E-state index contributed by atoms with van der Waals surface area (Å²) < 4.78 is 17.8. The summed E-state index contributed by atoms with van der Waals surface area (Å²) in [4.78, 5) is 25.9. The van der Waals surface area contributed by atoms with Crippen molar-refractivity contribution in [3.63, 3.8) is 0 Å². The number of carbonyl (C=O) groups excluding carboxylic acids is 1. The molecule has 2 aromatic carbocycles. The summed E-state index contributed by atoms with van der Waals surface area (Å²) in [5.41, 5.74) is 2.76. The van der Waals surface area contributed by atoms with Gasteiger partial charge in [-0.3, -0.25) is 4.79 Å². The van der Waals surface area contributed by atoms with Crippen LogP contribution in [0.15, 0.2) is 69.4 Å². The van der Waals surface area contributed by atoms with Crippen molar-refractivity contribution < 1.29 is 23.8 Å². The maximum absolute atomic E-state index is 13.0. The molecule has 3 saturated carbocycles. The predicted octanol–water partition coefficient (Wildman–Crippen LogP) is 10.9. The number of esters is 1. The molecule has 51 heavy (non-hydrogen) atoms. The van der Waals surface area contributed by atoms with Crippen LogP contribution >= 0.6 is 0 Å². The first-order valence-corrected chi connectivity index (χ1v) is 19.8. The number of allylic oxidation sites excluding steroid dienone is 1. The maximum atomic E-state index is 13.0. The lowest BCUT2D eigenvalue weighted by Crippen LogP contribution is -2.52. The van der Waals surface area contributed by atoms with Crippen molar-refractivity contribution in [1.82, 2.24) is 0 Å². The Labute approximate surface area is 304 Å². The van der Waals surface area contributed by atoms with E-state index >= 15 is 0 Å². The van der Waals surface area contributed by atoms with Crippen molar-refractivity contribution in [2.75, 3.05) is 6.61 Å². The van der Waals surface area contributed by atoms with E-state index in [0.29, 0.717) is 11.2 Å². The van der Waals surface area contributed by atoms with Gasteiger partial charge < -0.3 is 19.0 Å². The molecule has 0 aliphatic heterocycles. The lowest BCUT2D eigenvalue weighted by Gasteiger charge is -2.61. The van der Waals surface area contributed by atoms with Crippen LogP contribution in [0.4, 0.5) is 0 Å². The van der Waals surface area contributed by atoms with Gasteiger partial charge in [0.15, 0.2) is 12.0 Å². The minimum Gasteiger partial charge on any atom is -0.507 e. The van der Waals surface area contributed by atoms with Crippen LogP contribution in [-0.2, 0) is 9.53 Å². The van der Waals surface area contributed by atoms with Crippen molar-refractivity contribution in [2.24, 2.45) is 46.3 Å². The number of hydrogen-bond donors (Lipinski definition) is 1. The highest BCUT2D eigenvalue weighted by Gasteiger charge is 2.56. The van der Waals surface area contributed by atoms with Crippen molar-refractivity contribution in [3.8, 4) is 22.8 Å². The smallest absolute Gasteiger partial charge is 0.344 e. The Bertz CT molecular complexity index is 1810. The largest absolute Gasteiger partial charge is 0.507 e. The summed E-state index contributed by atoms with van der Waals surface area (Å²) in [5, 5.41) is 10.7. The molecule has 1 aromatic heterocycles. The zero-order valence-electron chi connectivity index (χ0n) is 31.4. The van der Waals surface area contributed by atoms with Gasteiger partial charge in [-0.15, -0.1) is 0 Å². The van der Waals surface area contributed by atoms with Gasteiger partial charge >= 0.3 is 5.97 Å². The maximum Gasteiger partial charge on any atom is 0.344 e. The number of phenols is 1. The zero-order chi connectivity index (χ0) is 35.9. The van der Waals surface area contributed by atoms with Gasteiger partial charge in [0.2, 0.25) is 0 Å². The molecule has 3 fully saturated rings. The fourth-order valence-corrected chi connectivity index (χ4v) is 11.0. The lowest BCUT2D eigenvalue weighted by atomic mass is 9.44. The van der Waals surface area contributed by atoms with Crippen LogP contribution < -0.4 is 10.2 Å². The second kappa shape index (κ2) is 14.5. The van der Waals surface area contributed by atoms with E-state index in [1.54, 1.807) is 6.07 Å². The molecule has 0 amide bonds. The monoisotopic (exact) mass is 694 g/mol. The molecule has 4 aliphatic rings.